The maximum absolute atomic E-state index is 13.7. The molecule has 2 aromatic rings. The van der Waals surface area contributed by atoms with Crippen LogP contribution < -0.4 is 5.32 Å². The molecule has 0 aliphatic heterocycles. The number of nitrogens with one attached hydrogen (secondary N) is 1. The van der Waals surface area contributed by atoms with Crippen molar-refractivity contribution < 1.29 is 9.13 Å². The summed E-state index contributed by atoms with van der Waals surface area (Å²) in [6.07, 6.45) is 0. The minimum Gasteiger partial charge on any atom is -0.383 e. The molecule has 0 aliphatic carbocycles. The van der Waals surface area contributed by atoms with Gasteiger partial charge in [0.2, 0.25) is 0 Å². The molecule has 1 atom stereocenters. The van der Waals surface area contributed by atoms with Crippen LogP contribution in [0.2, 0.25) is 5.02 Å². The number of rotatable bonds is 6. The molecule has 0 saturated carbocycles. The fourth-order valence-corrected chi connectivity index (χ4v) is 3.11. The third kappa shape index (κ3) is 4.01. The largest absolute Gasteiger partial charge is 0.383 e. The number of methoxy groups -OCH3 is 1. The molecule has 1 aromatic heterocycles. The number of thiazole rings is 1. The van der Waals surface area contributed by atoms with E-state index in [-0.39, 0.29) is 11.1 Å². The molecular weight excluding hydrogens is 311 g/mol. The Labute approximate surface area is 133 Å². The zero-order valence-corrected chi connectivity index (χ0v) is 13.8. The van der Waals surface area contributed by atoms with Crippen molar-refractivity contribution in [2.75, 3.05) is 20.3 Å². The highest BCUT2D eigenvalue weighted by molar-refractivity contribution is 7.11. The van der Waals surface area contributed by atoms with Crippen LogP contribution in [-0.4, -0.2) is 25.2 Å². The summed E-state index contributed by atoms with van der Waals surface area (Å²) in [7, 11) is 1.65. The van der Waals surface area contributed by atoms with Crippen molar-refractivity contribution in [3.63, 3.8) is 0 Å². The van der Waals surface area contributed by atoms with E-state index in [1.165, 1.54) is 6.07 Å². The van der Waals surface area contributed by atoms with E-state index in [2.05, 4.69) is 10.3 Å². The highest BCUT2D eigenvalue weighted by Gasteiger charge is 2.19. The lowest BCUT2D eigenvalue weighted by Gasteiger charge is -2.17. The Morgan fingerprint density at radius 2 is 2.19 bits per heavy atom. The maximum atomic E-state index is 13.7. The van der Waals surface area contributed by atoms with Crippen LogP contribution in [0.15, 0.2) is 18.2 Å². The topological polar surface area (TPSA) is 34.1 Å². The van der Waals surface area contributed by atoms with Crippen molar-refractivity contribution >= 4 is 22.9 Å². The first-order chi connectivity index (χ1) is 10.0. The molecule has 3 nitrogen and oxygen atoms in total. The van der Waals surface area contributed by atoms with E-state index < -0.39 is 5.82 Å². The van der Waals surface area contributed by atoms with Crippen LogP contribution >= 0.6 is 22.9 Å². The second kappa shape index (κ2) is 7.31. The summed E-state index contributed by atoms with van der Waals surface area (Å²) in [5.74, 6) is -0.419. The van der Waals surface area contributed by atoms with E-state index >= 15 is 0 Å². The van der Waals surface area contributed by atoms with E-state index in [9.17, 15) is 4.39 Å². The molecule has 21 heavy (non-hydrogen) atoms. The first-order valence-corrected chi connectivity index (χ1v) is 7.83. The summed E-state index contributed by atoms with van der Waals surface area (Å²) in [4.78, 5) is 5.74. The highest BCUT2D eigenvalue weighted by Crippen LogP contribution is 2.29. The molecule has 0 saturated heterocycles. The van der Waals surface area contributed by atoms with Gasteiger partial charge in [0.1, 0.15) is 10.8 Å². The lowest BCUT2D eigenvalue weighted by Crippen LogP contribution is -2.26. The second-order valence-corrected chi connectivity index (χ2v) is 6.39. The Hall–Kier alpha value is -1.01. The van der Waals surface area contributed by atoms with Crippen LogP contribution in [0, 0.1) is 19.7 Å². The zero-order valence-electron chi connectivity index (χ0n) is 12.2. The molecule has 1 heterocycles. The molecular formula is C15H18ClFN2OS. The Morgan fingerprint density at radius 1 is 1.43 bits per heavy atom. The van der Waals surface area contributed by atoms with Crippen molar-refractivity contribution in [3.8, 4) is 0 Å². The molecule has 6 heteroatoms. The number of hydrogen-bond acceptors (Lipinski definition) is 4. The summed E-state index contributed by atoms with van der Waals surface area (Å²) < 4.78 is 18.8. The van der Waals surface area contributed by atoms with Gasteiger partial charge < -0.3 is 10.1 Å². The highest BCUT2D eigenvalue weighted by atomic mass is 35.5. The van der Waals surface area contributed by atoms with Crippen LogP contribution in [0.3, 0.4) is 0 Å². The zero-order chi connectivity index (χ0) is 15.4. The molecule has 2 rings (SSSR count). The van der Waals surface area contributed by atoms with Crippen molar-refractivity contribution in [3.05, 3.63) is 50.2 Å². The molecule has 0 fully saturated rings. The Bertz CT molecular complexity index is 598. The van der Waals surface area contributed by atoms with Gasteiger partial charge in [-0.05, 0) is 31.5 Å². The normalized spacial score (nSPS) is 12.6. The molecule has 1 aromatic carbocycles. The number of benzene rings is 1. The van der Waals surface area contributed by atoms with Crippen LogP contribution in [-0.2, 0) is 4.74 Å². The molecule has 114 valence electrons. The summed E-state index contributed by atoms with van der Waals surface area (Å²) in [5.41, 5.74) is 1.81. The van der Waals surface area contributed by atoms with Gasteiger partial charge in [-0.15, -0.1) is 11.3 Å². The van der Waals surface area contributed by atoms with E-state index in [1.807, 2.05) is 19.9 Å². The van der Waals surface area contributed by atoms with E-state index in [1.54, 1.807) is 24.5 Å². The van der Waals surface area contributed by atoms with Gasteiger partial charge in [0.05, 0.1) is 23.4 Å². The Kier molecular flexibility index (Phi) is 5.70. The molecule has 0 bridgehead atoms. The summed E-state index contributed by atoms with van der Waals surface area (Å²) in [5, 5.41) is 4.40. The predicted molar refractivity (Wildman–Crippen MR) is 84.7 cm³/mol. The molecule has 1 N–H and O–H groups in total. The molecule has 1 unspecified atom stereocenters. The van der Waals surface area contributed by atoms with Crippen LogP contribution in [0.25, 0.3) is 0 Å². The summed E-state index contributed by atoms with van der Waals surface area (Å²) >= 11 is 7.37. The standard InChI is InChI=1S/C15H18ClFN2OS/c1-9-10(2)21-15(19-9)14(18-6-7-20-3)11-4-5-12(16)13(17)8-11/h4-5,8,14,18H,6-7H2,1-3H3. The fraction of sp³-hybridized carbons (Fsp3) is 0.400. The van der Waals surface area contributed by atoms with E-state index in [0.717, 1.165) is 21.1 Å². The molecule has 0 aliphatic rings. The third-order valence-corrected chi connectivity index (χ3v) is 4.67. The van der Waals surface area contributed by atoms with Crippen LogP contribution in [0.1, 0.15) is 27.2 Å². The number of aromatic nitrogens is 1. The Morgan fingerprint density at radius 3 is 2.76 bits per heavy atom. The van der Waals surface area contributed by atoms with Crippen molar-refractivity contribution in [1.29, 1.82) is 0 Å². The van der Waals surface area contributed by atoms with Gasteiger partial charge in [0, 0.05) is 18.5 Å². The second-order valence-electron chi connectivity index (χ2n) is 4.75. The maximum Gasteiger partial charge on any atom is 0.142 e. The SMILES string of the molecule is COCCNC(c1ccc(Cl)c(F)c1)c1nc(C)c(C)s1. The van der Waals surface area contributed by atoms with Gasteiger partial charge in [-0.25, -0.2) is 9.37 Å². The number of hydrogen-bond donors (Lipinski definition) is 1. The predicted octanol–water partition coefficient (Wildman–Crippen LogP) is 3.88. The van der Waals surface area contributed by atoms with Crippen molar-refractivity contribution in [2.24, 2.45) is 0 Å². The molecule has 0 radical (unpaired) electrons. The fourth-order valence-electron chi connectivity index (χ4n) is 1.97. The Balaban J connectivity index is 2.32. The van der Waals surface area contributed by atoms with Gasteiger partial charge in [0.25, 0.3) is 0 Å². The van der Waals surface area contributed by atoms with Crippen LogP contribution in [0.4, 0.5) is 4.39 Å². The smallest absolute Gasteiger partial charge is 0.142 e. The first-order valence-electron chi connectivity index (χ1n) is 6.64. The number of aryl methyl sites for hydroxylation is 2. The average molecular weight is 329 g/mol. The van der Waals surface area contributed by atoms with Gasteiger partial charge in [-0.1, -0.05) is 17.7 Å². The quantitative estimate of drug-likeness (QED) is 0.817. The van der Waals surface area contributed by atoms with Crippen molar-refractivity contribution in [2.45, 2.75) is 19.9 Å². The van der Waals surface area contributed by atoms with E-state index in [4.69, 9.17) is 16.3 Å². The number of halogens is 2. The van der Waals surface area contributed by atoms with Gasteiger partial charge in [-0.2, -0.15) is 0 Å². The van der Waals surface area contributed by atoms with Gasteiger partial charge in [0.15, 0.2) is 0 Å². The van der Waals surface area contributed by atoms with Crippen LogP contribution in [0.5, 0.6) is 0 Å². The summed E-state index contributed by atoms with van der Waals surface area (Å²) in [6.45, 7) is 5.24. The summed E-state index contributed by atoms with van der Waals surface area (Å²) in [6, 6.07) is 4.69. The third-order valence-electron chi connectivity index (χ3n) is 3.22. The minimum absolute atomic E-state index is 0.126. The van der Waals surface area contributed by atoms with Gasteiger partial charge in [-0.3, -0.25) is 0 Å². The minimum atomic E-state index is -0.419. The average Bonchev–Trinajstić information content (AvgIpc) is 2.78. The number of ether oxygens (including phenoxy) is 1. The van der Waals surface area contributed by atoms with Crippen molar-refractivity contribution in [1.82, 2.24) is 10.3 Å². The lowest BCUT2D eigenvalue weighted by molar-refractivity contribution is 0.197. The molecule has 0 amide bonds. The monoisotopic (exact) mass is 328 g/mol. The first kappa shape index (κ1) is 16.4. The lowest BCUT2D eigenvalue weighted by atomic mass is 10.1. The van der Waals surface area contributed by atoms with Gasteiger partial charge >= 0.3 is 0 Å². The van der Waals surface area contributed by atoms with E-state index in [0.29, 0.717) is 13.2 Å². The number of nitrogens with zero attached hydrogens (tertiary/aromatic N) is 1. The molecule has 0 spiro atoms.